The van der Waals surface area contributed by atoms with Crippen LogP contribution < -0.4 is 10.1 Å². The van der Waals surface area contributed by atoms with E-state index in [0.717, 1.165) is 0 Å². The fraction of sp³-hybridized carbons (Fsp3) is 0.214. The molecule has 0 saturated heterocycles. The zero-order valence-corrected chi connectivity index (χ0v) is 12.1. The van der Waals surface area contributed by atoms with Crippen molar-refractivity contribution in [1.82, 2.24) is 9.97 Å². The summed E-state index contributed by atoms with van der Waals surface area (Å²) < 4.78 is 5.51. The van der Waals surface area contributed by atoms with Crippen molar-refractivity contribution >= 4 is 23.4 Å². The third kappa shape index (κ3) is 4.06. The highest BCUT2D eigenvalue weighted by Gasteiger charge is 2.11. The van der Waals surface area contributed by atoms with Crippen LogP contribution in [0.25, 0.3) is 0 Å². The van der Waals surface area contributed by atoms with Gasteiger partial charge in [-0.1, -0.05) is 23.7 Å². The summed E-state index contributed by atoms with van der Waals surface area (Å²) in [6.07, 6.45) is 0. The minimum absolute atomic E-state index is 0.0310. The van der Waals surface area contributed by atoms with Gasteiger partial charge in [0.2, 0.25) is 0 Å². The molecule has 0 fully saturated rings. The van der Waals surface area contributed by atoms with E-state index in [0.29, 0.717) is 23.1 Å². The fourth-order valence-corrected chi connectivity index (χ4v) is 1.84. The van der Waals surface area contributed by atoms with Crippen molar-refractivity contribution in [1.29, 1.82) is 0 Å². The van der Waals surface area contributed by atoms with Crippen LogP contribution in [0.15, 0.2) is 30.3 Å². The first kappa shape index (κ1) is 15.1. The summed E-state index contributed by atoms with van der Waals surface area (Å²) in [5, 5.41) is 12.5. The lowest BCUT2D eigenvalue weighted by atomic mass is 10.3. The second-order valence-electron chi connectivity index (χ2n) is 4.11. The first-order valence-electron chi connectivity index (χ1n) is 6.32. The minimum Gasteiger partial charge on any atom is -0.484 e. The second-order valence-corrected chi connectivity index (χ2v) is 4.52. The Kier molecular flexibility index (Phi) is 4.94. The molecule has 0 unspecified atom stereocenters. The molecule has 110 valence electrons. The Hall–Kier alpha value is -2.34. The van der Waals surface area contributed by atoms with Gasteiger partial charge in [-0.25, -0.2) is 14.8 Å². The van der Waals surface area contributed by atoms with Crippen LogP contribution in [0.5, 0.6) is 5.75 Å². The highest BCUT2D eigenvalue weighted by molar-refractivity contribution is 6.32. The van der Waals surface area contributed by atoms with Gasteiger partial charge in [-0.05, 0) is 19.1 Å². The number of carboxylic acid groups (broad SMARTS) is 1. The van der Waals surface area contributed by atoms with Crippen LogP contribution in [0.3, 0.4) is 0 Å². The van der Waals surface area contributed by atoms with Gasteiger partial charge in [-0.15, -0.1) is 0 Å². The van der Waals surface area contributed by atoms with Gasteiger partial charge in [0.05, 0.1) is 5.02 Å². The van der Waals surface area contributed by atoms with Crippen LogP contribution >= 0.6 is 11.6 Å². The van der Waals surface area contributed by atoms with Crippen LogP contribution in [0.4, 0.5) is 5.82 Å². The topological polar surface area (TPSA) is 84.3 Å². The Labute approximate surface area is 126 Å². The zero-order chi connectivity index (χ0) is 15.2. The Bertz CT molecular complexity index is 649. The molecular formula is C14H14ClN3O3. The van der Waals surface area contributed by atoms with E-state index in [1.165, 1.54) is 6.07 Å². The molecule has 7 heteroatoms. The summed E-state index contributed by atoms with van der Waals surface area (Å²) >= 11 is 5.98. The van der Waals surface area contributed by atoms with E-state index in [2.05, 4.69) is 15.3 Å². The molecule has 6 nitrogen and oxygen atoms in total. The average Bonchev–Trinajstić information content (AvgIpc) is 2.46. The third-order valence-electron chi connectivity index (χ3n) is 2.54. The zero-order valence-electron chi connectivity index (χ0n) is 11.3. The van der Waals surface area contributed by atoms with Crippen molar-refractivity contribution in [2.75, 3.05) is 11.9 Å². The first-order chi connectivity index (χ1) is 10.1. The van der Waals surface area contributed by atoms with Crippen LogP contribution in [0.1, 0.15) is 23.2 Å². The van der Waals surface area contributed by atoms with Crippen molar-refractivity contribution < 1.29 is 14.6 Å². The number of aromatic nitrogens is 2. The molecule has 21 heavy (non-hydrogen) atoms. The maximum atomic E-state index is 11.1. The monoisotopic (exact) mass is 307 g/mol. The molecule has 0 saturated carbocycles. The van der Waals surface area contributed by atoms with Crippen molar-refractivity contribution in [2.45, 2.75) is 13.5 Å². The van der Waals surface area contributed by atoms with Gasteiger partial charge in [0, 0.05) is 12.6 Å². The summed E-state index contributed by atoms with van der Waals surface area (Å²) in [5.74, 6) is 0.0949. The number of nitrogens with one attached hydrogen (secondary N) is 1. The molecule has 2 N–H and O–H groups in total. The quantitative estimate of drug-likeness (QED) is 0.853. The molecule has 0 aliphatic rings. The van der Waals surface area contributed by atoms with Crippen LogP contribution in [-0.4, -0.2) is 27.6 Å². The van der Waals surface area contributed by atoms with Crippen LogP contribution in [0, 0.1) is 0 Å². The lowest BCUT2D eigenvalue weighted by Crippen LogP contribution is -2.11. The SMILES string of the molecule is CCNc1cc(C(=O)O)nc(COc2ccccc2Cl)n1. The summed E-state index contributed by atoms with van der Waals surface area (Å²) in [6, 6.07) is 8.38. The number of halogens is 1. The predicted molar refractivity (Wildman–Crippen MR) is 78.9 cm³/mol. The van der Waals surface area contributed by atoms with E-state index in [4.69, 9.17) is 21.4 Å². The maximum Gasteiger partial charge on any atom is 0.354 e. The number of anilines is 1. The van der Waals surface area contributed by atoms with Gasteiger partial charge >= 0.3 is 5.97 Å². The van der Waals surface area contributed by atoms with Gasteiger partial charge in [-0.3, -0.25) is 0 Å². The van der Waals surface area contributed by atoms with Crippen LogP contribution in [0.2, 0.25) is 5.02 Å². The standard InChI is InChI=1S/C14H14ClN3O3/c1-2-16-12-7-10(14(19)20)17-13(18-12)8-21-11-6-4-3-5-9(11)15/h3-7H,2,8H2,1H3,(H,19,20)(H,16,17,18). The molecule has 0 aliphatic heterocycles. The number of nitrogens with zero attached hydrogens (tertiary/aromatic N) is 2. The highest BCUT2D eigenvalue weighted by Crippen LogP contribution is 2.23. The van der Waals surface area contributed by atoms with E-state index in [1.54, 1.807) is 24.3 Å². The number of hydrogen-bond donors (Lipinski definition) is 2. The number of carboxylic acids is 1. The molecule has 1 aromatic heterocycles. The number of benzene rings is 1. The van der Waals surface area contributed by atoms with E-state index < -0.39 is 5.97 Å². The Morgan fingerprint density at radius 1 is 1.38 bits per heavy atom. The fourth-order valence-electron chi connectivity index (χ4n) is 1.65. The number of hydrogen-bond acceptors (Lipinski definition) is 5. The highest BCUT2D eigenvalue weighted by atomic mass is 35.5. The molecular weight excluding hydrogens is 294 g/mol. The van der Waals surface area contributed by atoms with Gasteiger partial charge in [0.25, 0.3) is 0 Å². The number of rotatable bonds is 6. The second kappa shape index (κ2) is 6.90. The number of aromatic carboxylic acids is 1. The first-order valence-corrected chi connectivity index (χ1v) is 6.70. The molecule has 0 radical (unpaired) electrons. The molecule has 0 amide bonds. The molecule has 0 aliphatic carbocycles. The number of ether oxygens (including phenoxy) is 1. The van der Waals surface area contributed by atoms with Gasteiger partial charge < -0.3 is 15.2 Å². The number of para-hydroxylation sites is 1. The average molecular weight is 308 g/mol. The predicted octanol–water partition coefficient (Wildman–Crippen LogP) is 2.84. The molecule has 2 rings (SSSR count). The molecule has 2 aromatic rings. The lowest BCUT2D eigenvalue weighted by molar-refractivity contribution is 0.0689. The van der Waals surface area contributed by atoms with Crippen molar-refractivity contribution in [3.05, 3.63) is 46.9 Å². The van der Waals surface area contributed by atoms with Gasteiger partial charge in [-0.2, -0.15) is 0 Å². The third-order valence-corrected chi connectivity index (χ3v) is 2.86. The van der Waals surface area contributed by atoms with E-state index in [-0.39, 0.29) is 18.1 Å². The molecule has 1 heterocycles. The molecule has 0 bridgehead atoms. The summed E-state index contributed by atoms with van der Waals surface area (Å²) in [6.45, 7) is 2.55. The molecule has 0 spiro atoms. The van der Waals surface area contributed by atoms with Gasteiger partial charge in [0.15, 0.2) is 11.5 Å². The number of carbonyl (C=O) groups is 1. The van der Waals surface area contributed by atoms with Crippen molar-refractivity contribution in [3.8, 4) is 5.75 Å². The lowest BCUT2D eigenvalue weighted by Gasteiger charge is -2.09. The van der Waals surface area contributed by atoms with E-state index >= 15 is 0 Å². The Balaban J connectivity index is 2.19. The summed E-state index contributed by atoms with van der Waals surface area (Å²) in [5.41, 5.74) is -0.0845. The summed E-state index contributed by atoms with van der Waals surface area (Å²) in [4.78, 5) is 19.2. The maximum absolute atomic E-state index is 11.1. The molecule has 1 aromatic carbocycles. The Morgan fingerprint density at radius 2 is 2.14 bits per heavy atom. The van der Waals surface area contributed by atoms with E-state index in [9.17, 15) is 4.79 Å². The normalized spacial score (nSPS) is 10.2. The summed E-state index contributed by atoms with van der Waals surface area (Å²) in [7, 11) is 0. The van der Waals surface area contributed by atoms with Crippen molar-refractivity contribution in [3.63, 3.8) is 0 Å². The minimum atomic E-state index is -1.12. The van der Waals surface area contributed by atoms with Crippen LogP contribution in [-0.2, 0) is 6.61 Å². The van der Waals surface area contributed by atoms with Crippen molar-refractivity contribution in [2.24, 2.45) is 0 Å². The largest absolute Gasteiger partial charge is 0.484 e. The smallest absolute Gasteiger partial charge is 0.354 e. The Morgan fingerprint density at radius 3 is 2.81 bits per heavy atom. The molecule has 0 atom stereocenters. The van der Waals surface area contributed by atoms with Gasteiger partial charge in [0.1, 0.15) is 18.2 Å². The van der Waals surface area contributed by atoms with E-state index in [1.807, 2.05) is 6.92 Å².